The molecule has 0 spiro atoms. The maximum absolute atomic E-state index is 12.3. The van der Waals surface area contributed by atoms with E-state index in [1.54, 1.807) is 36.5 Å². The monoisotopic (exact) mass is 493 g/mol. The van der Waals surface area contributed by atoms with Crippen molar-refractivity contribution >= 4 is 15.8 Å². The van der Waals surface area contributed by atoms with Crippen molar-refractivity contribution in [2.75, 3.05) is 23.6 Å². The Morgan fingerprint density at radius 3 is 2.66 bits per heavy atom. The highest BCUT2D eigenvalue weighted by molar-refractivity contribution is 7.92. The number of anilines is 1. The van der Waals surface area contributed by atoms with Crippen LogP contribution in [0.3, 0.4) is 0 Å². The van der Waals surface area contributed by atoms with Crippen molar-refractivity contribution < 1.29 is 18.3 Å². The van der Waals surface area contributed by atoms with Crippen LogP contribution in [0, 0.1) is 0 Å². The molecule has 184 valence electrons. The van der Waals surface area contributed by atoms with E-state index in [1.807, 2.05) is 18.2 Å². The van der Waals surface area contributed by atoms with Crippen molar-refractivity contribution in [2.24, 2.45) is 0 Å². The van der Waals surface area contributed by atoms with Crippen LogP contribution in [0.15, 0.2) is 66.9 Å². The molecular weight excluding hydrogens is 462 g/mol. The molecule has 1 unspecified atom stereocenters. The lowest BCUT2D eigenvalue weighted by Gasteiger charge is -2.50. The summed E-state index contributed by atoms with van der Waals surface area (Å²) in [7, 11) is -3.48. The second-order valence-corrected chi connectivity index (χ2v) is 11.2. The normalized spacial score (nSPS) is 18.8. The lowest BCUT2D eigenvalue weighted by molar-refractivity contribution is 0.164. The molecule has 1 atom stereocenters. The summed E-state index contributed by atoms with van der Waals surface area (Å²) in [5.74, 6) is 1.32. The van der Waals surface area contributed by atoms with E-state index in [-0.39, 0.29) is 23.0 Å². The average molecular weight is 494 g/mol. The van der Waals surface area contributed by atoms with Crippen molar-refractivity contribution in [3.05, 3.63) is 83.6 Å². The number of ether oxygens (including phenoxy) is 1. The van der Waals surface area contributed by atoms with Gasteiger partial charge < -0.3 is 15.2 Å². The summed E-state index contributed by atoms with van der Waals surface area (Å²) in [6.45, 7) is 1.24. The molecule has 0 amide bonds. The molecule has 0 radical (unpaired) electrons. The average Bonchev–Trinajstić information content (AvgIpc) is 2.83. The molecule has 7 nitrogen and oxygen atoms in total. The van der Waals surface area contributed by atoms with Gasteiger partial charge in [-0.25, -0.2) is 13.4 Å². The minimum absolute atomic E-state index is 0.00666. The third-order valence-corrected chi connectivity index (χ3v) is 8.51. The summed E-state index contributed by atoms with van der Waals surface area (Å²) in [6, 6.07) is 19.2. The molecule has 2 aliphatic rings. The molecule has 1 aromatic heterocycles. The topological polar surface area (TPSA) is 101 Å². The highest BCUT2D eigenvalue weighted by Gasteiger charge is 2.47. The zero-order valence-corrected chi connectivity index (χ0v) is 20.4. The zero-order chi connectivity index (χ0) is 24.3. The number of aromatic nitrogens is 1. The number of rotatable bonds is 9. The quantitative estimate of drug-likeness (QED) is 0.384. The fourth-order valence-corrected chi connectivity index (χ4v) is 6.32. The van der Waals surface area contributed by atoms with Crippen LogP contribution in [0.25, 0.3) is 0 Å². The van der Waals surface area contributed by atoms with Gasteiger partial charge in [0, 0.05) is 17.7 Å². The Morgan fingerprint density at radius 1 is 1.11 bits per heavy atom. The van der Waals surface area contributed by atoms with Crippen LogP contribution in [0.2, 0.25) is 0 Å². The maximum Gasteiger partial charge on any atom is 0.234 e. The van der Waals surface area contributed by atoms with E-state index in [0.717, 1.165) is 31.6 Å². The first-order chi connectivity index (χ1) is 17.0. The van der Waals surface area contributed by atoms with Gasteiger partial charge in [-0.15, -0.1) is 0 Å². The SMILES string of the molecule is O=S(=O)(CCCOc1ccc2c(c1)C(C1(c3ccc(O)cc3)CCC1)NCC2)Nc1ccccn1. The Morgan fingerprint density at radius 2 is 1.94 bits per heavy atom. The van der Waals surface area contributed by atoms with Gasteiger partial charge in [-0.3, -0.25) is 4.72 Å². The summed E-state index contributed by atoms with van der Waals surface area (Å²) in [4.78, 5) is 4.01. The van der Waals surface area contributed by atoms with Crippen molar-refractivity contribution in [1.82, 2.24) is 10.3 Å². The first-order valence-electron chi connectivity index (χ1n) is 12.2. The number of hydrogen-bond acceptors (Lipinski definition) is 6. The molecule has 3 aromatic rings. The summed E-state index contributed by atoms with van der Waals surface area (Å²) < 4.78 is 33.1. The molecule has 0 bridgehead atoms. The summed E-state index contributed by atoms with van der Waals surface area (Å²) in [5, 5.41) is 13.5. The van der Waals surface area contributed by atoms with Gasteiger partial charge in [-0.05, 0) is 85.3 Å². The molecule has 8 heteroatoms. The minimum Gasteiger partial charge on any atom is -0.508 e. The number of phenolic OH excluding ortho intramolecular Hbond substituents is 1. The molecule has 35 heavy (non-hydrogen) atoms. The van der Waals surface area contributed by atoms with E-state index in [1.165, 1.54) is 23.1 Å². The largest absolute Gasteiger partial charge is 0.508 e. The number of nitrogens with zero attached hydrogens (tertiary/aromatic N) is 1. The molecular formula is C27H31N3O4S. The molecule has 1 saturated carbocycles. The van der Waals surface area contributed by atoms with E-state index in [2.05, 4.69) is 27.2 Å². The lowest BCUT2D eigenvalue weighted by atomic mass is 9.58. The molecule has 5 rings (SSSR count). The standard InChI is InChI=1S/C27H31N3O4S/c31-22-9-7-21(8-10-22)27(13-3-14-27)26-24-19-23(11-6-20(24)12-16-29-26)34-17-4-18-35(32,33)30-25-5-1-2-15-28-25/h1-2,5-11,15,19,26,29,31H,3-4,12-14,16-18H2,(H,28,30). The minimum atomic E-state index is -3.48. The smallest absolute Gasteiger partial charge is 0.234 e. The predicted molar refractivity (Wildman–Crippen MR) is 136 cm³/mol. The van der Waals surface area contributed by atoms with Crippen LogP contribution in [0.5, 0.6) is 11.5 Å². The van der Waals surface area contributed by atoms with Crippen LogP contribution >= 0.6 is 0 Å². The van der Waals surface area contributed by atoms with Gasteiger partial charge in [0.15, 0.2) is 0 Å². The van der Waals surface area contributed by atoms with Crippen LogP contribution in [-0.4, -0.2) is 37.4 Å². The van der Waals surface area contributed by atoms with E-state index < -0.39 is 10.0 Å². The van der Waals surface area contributed by atoms with Crippen molar-refractivity contribution in [3.8, 4) is 11.5 Å². The number of benzene rings is 2. The van der Waals surface area contributed by atoms with Crippen LogP contribution in [0.1, 0.15) is 48.4 Å². The fourth-order valence-electron chi connectivity index (χ4n) is 5.28. The third-order valence-electron chi connectivity index (χ3n) is 7.16. The first kappa shape index (κ1) is 23.6. The Labute approximate surface area is 206 Å². The molecule has 1 fully saturated rings. The van der Waals surface area contributed by atoms with Gasteiger partial charge in [0.2, 0.25) is 10.0 Å². The zero-order valence-electron chi connectivity index (χ0n) is 19.6. The van der Waals surface area contributed by atoms with Crippen LogP contribution in [0.4, 0.5) is 5.82 Å². The number of fused-ring (bicyclic) bond motifs is 1. The summed E-state index contributed by atoms with van der Waals surface area (Å²) >= 11 is 0. The fraction of sp³-hybridized carbons (Fsp3) is 0.370. The van der Waals surface area contributed by atoms with Crippen LogP contribution in [-0.2, 0) is 21.9 Å². The lowest BCUT2D eigenvalue weighted by Crippen LogP contribution is -2.49. The van der Waals surface area contributed by atoms with Gasteiger partial charge in [-0.2, -0.15) is 0 Å². The molecule has 3 N–H and O–H groups in total. The number of aromatic hydroxyl groups is 1. The highest BCUT2D eigenvalue weighted by Crippen LogP contribution is 2.53. The Bertz CT molecular complexity index is 1260. The van der Waals surface area contributed by atoms with Gasteiger partial charge in [0.05, 0.1) is 12.4 Å². The second-order valence-electron chi connectivity index (χ2n) is 9.39. The van der Waals surface area contributed by atoms with Gasteiger partial charge in [0.25, 0.3) is 0 Å². The molecule has 1 aliphatic heterocycles. The number of phenols is 1. The van der Waals surface area contributed by atoms with Crippen molar-refractivity contribution in [2.45, 2.75) is 43.6 Å². The number of sulfonamides is 1. The van der Waals surface area contributed by atoms with Gasteiger partial charge in [0.1, 0.15) is 17.3 Å². The second kappa shape index (κ2) is 9.87. The Balaban J connectivity index is 1.26. The van der Waals surface area contributed by atoms with E-state index in [4.69, 9.17) is 4.74 Å². The van der Waals surface area contributed by atoms with E-state index >= 15 is 0 Å². The summed E-state index contributed by atoms with van der Waals surface area (Å²) in [6.07, 6.45) is 6.27. The third kappa shape index (κ3) is 5.13. The highest BCUT2D eigenvalue weighted by atomic mass is 32.2. The van der Waals surface area contributed by atoms with E-state index in [0.29, 0.717) is 18.8 Å². The maximum atomic E-state index is 12.3. The predicted octanol–water partition coefficient (Wildman–Crippen LogP) is 4.31. The molecule has 2 aromatic carbocycles. The first-order valence-corrected chi connectivity index (χ1v) is 13.8. The van der Waals surface area contributed by atoms with Gasteiger partial charge >= 0.3 is 0 Å². The summed E-state index contributed by atoms with van der Waals surface area (Å²) in [5.41, 5.74) is 3.84. The van der Waals surface area contributed by atoms with Crippen molar-refractivity contribution in [3.63, 3.8) is 0 Å². The van der Waals surface area contributed by atoms with E-state index in [9.17, 15) is 13.5 Å². The molecule has 0 saturated heterocycles. The number of hydrogen-bond donors (Lipinski definition) is 3. The number of pyridine rings is 1. The van der Waals surface area contributed by atoms with Crippen molar-refractivity contribution in [1.29, 1.82) is 0 Å². The Kier molecular flexibility index (Phi) is 6.67. The van der Waals surface area contributed by atoms with Gasteiger partial charge in [-0.1, -0.05) is 30.7 Å². The Hall–Kier alpha value is -3.10. The molecule has 1 aliphatic carbocycles. The van der Waals surface area contributed by atoms with Crippen LogP contribution < -0.4 is 14.8 Å². The number of nitrogens with one attached hydrogen (secondary N) is 2. The molecule has 2 heterocycles.